The lowest BCUT2D eigenvalue weighted by Gasteiger charge is -2.43. The average molecular weight is 404 g/mol. The highest BCUT2D eigenvalue weighted by Gasteiger charge is 2.41. The molecule has 2 rings (SSSR count). The molecule has 29 heavy (non-hydrogen) atoms. The van der Waals surface area contributed by atoms with Crippen LogP contribution in [0.2, 0.25) is 0 Å². The molecular weight excluding hydrogens is 366 g/mol. The number of esters is 1. The molecule has 2 N–H and O–H groups in total. The number of allylic oxidation sites excluding steroid dienone is 3. The molecule has 0 saturated carbocycles. The molecule has 162 valence electrons. The summed E-state index contributed by atoms with van der Waals surface area (Å²) in [5.41, 5.74) is 1.24. The predicted molar refractivity (Wildman–Crippen MR) is 113 cm³/mol. The first-order valence-electron chi connectivity index (χ1n) is 11.1. The van der Waals surface area contributed by atoms with Crippen LogP contribution >= 0.6 is 0 Å². The number of nitriles is 1. The Morgan fingerprint density at radius 3 is 2.72 bits per heavy atom. The maximum Gasteiger partial charge on any atom is 0.308 e. The number of carbonyl (C=O) groups is 1. The normalized spacial score (nSPS) is 31.8. The van der Waals surface area contributed by atoms with Crippen molar-refractivity contribution in [3.8, 4) is 6.07 Å². The van der Waals surface area contributed by atoms with Gasteiger partial charge < -0.3 is 14.9 Å². The molecule has 0 aromatic heterocycles. The first kappa shape index (κ1) is 23.6. The zero-order valence-corrected chi connectivity index (χ0v) is 18.3. The Kier molecular flexibility index (Phi) is 8.92. The number of fused-ring (bicyclic) bond motifs is 1. The van der Waals surface area contributed by atoms with Crippen molar-refractivity contribution in [3.63, 3.8) is 0 Å². The van der Waals surface area contributed by atoms with Crippen LogP contribution < -0.4 is 0 Å². The topological polar surface area (TPSA) is 90.6 Å². The third-order valence-electron chi connectivity index (χ3n) is 6.58. The van der Waals surface area contributed by atoms with Crippen molar-refractivity contribution in [3.05, 3.63) is 23.8 Å². The first-order valence-corrected chi connectivity index (χ1v) is 11.1. The molecule has 0 radical (unpaired) electrons. The highest BCUT2D eigenvalue weighted by molar-refractivity contribution is 5.72. The van der Waals surface area contributed by atoms with Gasteiger partial charge in [-0.3, -0.25) is 4.79 Å². The van der Waals surface area contributed by atoms with Gasteiger partial charge in [0.2, 0.25) is 0 Å². The number of hydrogen-bond donors (Lipinski definition) is 2. The number of aliphatic hydroxyl groups excluding tert-OH is 2. The zero-order chi connectivity index (χ0) is 21.6. The van der Waals surface area contributed by atoms with Gasteiger partial charge >= 0.3 is 5.97 Å². The minimum atomic E-state index is -0.783. The maximum absolute atomic E-state index is 12.5. The minimum absolute atomic E-state index is 0.0423. The third-order valence-corrected chi connectivity index (χ3v) is 6.58. The third kappa shape index (κ3) is 6.42. The Hall–Kier alpha value is -1.64. The summed E-state index contributed by atoms with van der Waals surface area (Å²) in [6.07, 6.45) is 8.36. The Labute approximate surface area is 175 Å². The zero-order valence-electron chi connectivity index (χ0n) is 18.3. The molecule has 0 spiro atoms. The molecule has 2 aliphatic rings. The summed E-state index contributed by atoms with van der Waals surface area (Å²) in [6, 6.07) is 1.94. The molecule has 5 nitrogen and oxygen atoms in total. The molecule has 0 aliphatic heterocycles. The van der Waals surface area contributed by atoms with Gasteiger partial charge in [0.05, 0.1) is 30.6 Å². The molecule has 8 atom stereocenters. The van der Waals surface area contributed by atoms with Crippen molar-refractivity contribution >= 4 is 5.97 Å². The van der Waals surface area contributed by atoms with Crippen molar-refractivity contribution < 1.29 is 19.7 Å². The van der Waals surface area contributed by atoms with Gasteiger partial charge in [-0.2, -0.15) is 5.26 Å². The maximum atomic E-state index is 12.5. The van der Waals surface area contributed by atoms with Gasteiger partial charge in [-0.05, 0) is 49.0 Å². The molecule has 0 heterocycles. The van der Waals surface area contributed by atoms with Crippen LogP contribution in [0.4, 0.5) is 0 Å². The Morgan fingerprint density at radius 1 is 1.34 bits per heavy atom. The van der Waals surface area contributed by atoms with Crippen molar-refractivity contribution in [1.29, 1.82) is 5.26 Å². The van der Waals surface area contributed by atoms with E-state index in [2.05, 4.69) is 32.1 Å². The summed E-state index contributed by atoms with van der Waals surface area (Å²) in [6.45, 7) is 8.25. The van der Waals surface area contributed by atoms with Gasteiger partial charge in [-0.25, -0.2) is 0 Å². The van der Waals surface area contributed by atoms with Gasteiger partial charge in [-0.1, -0.05) is 45.9 Å². The number of hydrogen-bond acceptors (Lipinski definition) is 5. The molecule has 2 aliphatic carbocycles. The highest BCUT2D eigenvalue weighted by Crippen LogP contribution is 2.45. The highest BCUT2D eigenvalue weighted by atomic mass is 16.5. The summed E-state index contributed by atoms with van der Waals surface area (Å²) in [4.78, 5) is 12.5. The molecular formula is C24H37NO4. The SMILES string of the molecule is CC[C@H](C)C(=O)O[C@H]1C[C@@H](C)C=C2C=C[C@H](C)[C@H](CC[C@@H](O)C[C@@H](O)CC#N)[C@H]21. The van der Waals surface area contributed by atoms with Crippen LogP contribution in [0, 0.1) is 40.9 Å². The smallest absolute Gasteiger partial charge is 0.308 e. The molecule has 5 heteroatoms. The molecule has 0 fully saturated rings. The van der Waals surface area contributed by atoms with Crippen LogP contribution in [0.1, 0.15) is 66.2 Å². The number of nitrogens with zero attached hydrogens (tertiary/aromatic N) is 1. The standard InChI is InChI=1S/C24H37NO4/c1-5-16(3)24(28)29-22-13-15(2)12-18-7-6-17(4)21(23(18)22)9-8-19(26)14-20(27)10-11-25/h6-7,12,15-17,19-23,26-27H,5,8-10,13-14H2,1-4H3/t15-,16-,17-,19+,20-,21-,22-,23-/m0/s1. The second-order valence-electron chi connectivity index (χ2n) is 9.06. The van der Waals surface area contributed by atoms with Gasteiger partial charge in [0.15, 0.2) is 0 Å². The second-order valence-corrected chi connectivity index (χ2v) is 9.06. The van der Waals surface area contributed by atoms with E-state index in [9.17, 15) is 15.0 Å². The predicted octanol–water partition coefficient (Wildman–Crippen LogP) is 4.15. The van der Waals surface area contributed by atoms with Gasteiger partial charge in [0.1, 0.15) is 6.10 Å². The van der Waals surface area contributed by atoms with Crippen molar-refractivity contribution in [2.45, 2.75) is 84.5 Å². The lowest BCUT2D eigenvalue weighted by molar-refractivity contribution is -0.158. The number of rotatable bonds is 9. The molecule has 0 unspecified atom stereocenters. The number of aliphatic hydroxyl groups is 2. The Bertz CT molecular complexity index is 650. The monoisotopic (exact) mass is 403 g/mol. The van der Waals surface area contributed by atoms with Crippen molar-refractivity contribution in [2.24, 2.45) is 29.6 Å². The molecule has 0 bridgehead atoms. The van der Waals surface area contributed by atoms with Crippen LogP contribution in [-0.2, 0) is 9.53 Å². The number of ether oxygens (including phenoxy) is 1. The summed E-state index contributed by atoms with van der Waals surface area (Å²) >= 11 is 0. The van der Waals surface area contributed by atoms with Gasteiger partial charge in [0, 0.05) is 12.3 Å². The van der Waals surface area contributed by atoms with E-state index in [1.807, 2.05) is 19.9 Å². The lowest BCUT2D eigenvalue weighted by Crippen LogP contribution is -2.41. The Balaban J connectivity index is 2.11. The van der Waals surface area contributed by atoms with E-state index in [1.165, 1.54) is 5.57 Å². The first-order chi connectivity index (χ1) is 13.8. The van der Waals surface area contributed by atoms with Crippen LogP contribution in [0.15, 0.2) is 23.8 Å². The van der Waals surface area contributed by atoms with E-state index in [0.29, 0.717) is 18.3 Å². The van der Waals surface area contributed by atoms with E-state index >= 15 is 0 Å². The van der Waals surface area contributed by atoms with Gasteiger partial charge in [-0.15, -0.1) is 0 Å². The Morgan fingerprint density at radius 2 is 2.07 bits per heavy atom. The van der Waals surface area contributed by atoms with E-state index < -0.39 is 12.2 Å². The van der Waals surface area contributed by atoms with E-state index in [1.54, 1.807) is 0 Å². The average Bonchev–Trinajstić information content (AvgIpc) is 2.66. The summed E-state index contributed by atoms with van der Waals surface area (Å²) in [5.74, 6) is 0.893. The van der Waals surface area contributed by atoms with E-state index in [4.69, 9.17) is 10.00 Å². The van der Waals surface area contributed by atoms with Crippen LogP contribution in [0.5, 0.6) is 0 Å². The lowest BCUT2D eigenvalue weighted by atomic mass is 9.65. The van der Waals surface area contributed by atoms with Gasteiger partial charge in [0.25, 0.3) is 0 Å². The summed E-state index contributed by atoms with van der Waals surface area (Å²) < 4.78 is 6.01. The van der Waals surface area contributed by atoms with E-state index in [0.717, 1.165) is 19.3 Å². The van der Waals surface area contributed by atoms with Crippen LogP contribution in [0.3, 0.4) is 0 Å². The fourth-order valence-corrected chi connectivity index (χ4v) is 4.66. The second kappa shape index (κ2) is 10.9. The van der Waals surface area contributed by atoms with E-state index in [-0.39, 0.29) is 42.7 Å². The van der Waals surface area contributed by atoms with Crippen molar-refractivity contribution in [2.75, 3.05) is 0 Å². The van der Waals surface area contributed by atoms with Crippen molar-refractivity contribution in [1.82, 2.24) is 0 Å². The number of carbonyl (C=O) groups excluding carboxylic acids is 1. The van der Waals surface area contributed by atoms with Crippen LogP contribution in [-0.4, -0.2) is 34.5 Å². The molecule has 0 aromatic carbocycles. The molecule has 0 aromatic rings. The summed E-state index contributed by atoms with van der Waals surface area (Å²) in [5, 5.41) is 28.8. The van der Waals surface area contributed by atoms with Crippen LogP contribution in [0.25, 0.3) is 0 Å². The largest absolute Gasteiger partial charge is 0.461 e. The summed E-state index contributed by atoms with van der Waals surface area (Å²) in [7, 11) is 0. The fourth-order valence-electron chi connectivity index (χ4n) is 4.66. The minimum Gasteiger partial charge on any atom is -0.461 e. The molecule has 0 saturated heterocycles. The molecule has 0 amide bonds. The fraction of sp³-hybridized carbons (Fsp3) is 0.750. The quantitative estimate of drug-likeness (QED) is 0.564.